The highest BCUT2D eigenvalue weighted by Gasteiger charge is 2.15. The molecule has 0 saturated heterocycles. The Morgan fingerprint density at radius 1 is 1.39 bits per heavy atom. The second-order valence-electron chi connectivity index (χ2n) is 4.86. The van der Waals surface area contributed by atoms with Gasteiger partial charge in [0.05, 0.1) is 5.56 Å². The fourth-order valence-electron chi connectivity index (χ4n) is 2.12. The lowest BCUT2D eigenvalue weighted by atomic mass is 10.2. The third-order valence-corrected chi connectivity index (χ3v) is 4.57. The van der Waals surface area contributed by atoms with E-state index in [1.807, 2.05) is 0 Å². The molecule has 7 heteroatoms. The van der Waals surface area contributed by atoms with E-state index in [2.05, 4.69) is 23.7 Å². The standard InChI is InChI=1S/C16H19ClN2O3S/c1-3-19(4-2)7-8-22-14-6-5-11(17)9-12(14)15-18-13(10-23-15)16(20)21/h5-6,9-10H,3-4,7-8H2,1-2H3,(H,20,21). The molecular weight excluding hydrogens is 336 g/mol. The predicted octanol–water partition coefficient (Wildman–Crippen LogP) is 3.88. The monoisotopic (exact) mass is 354 g/mol. The molecule has 1 aromatic heterocycles. The highest BCUT2D eigenvalue weighted by atomic mass is 35.5. The van der Waals surface area contributed by atoms with E-state index in [9.17, 15) is 4.79 Å². The maximum absolute atomic E-state index is 11.0. The molecule has 124 valence electrons. The van der Waals surface area contributed by atoms with Crippen molar-refractivity contribution in [2.45, 2.75) is 13.8 Å². The molecule has 0 fully saturated rings. The van der Waals surface area contributed by atoms with Gasteiger partial charge in [0.25, 0.3) is 0 Å². The van der Waals surface area contributed by atoms with Gasteiger partial charge in [-0.1, -0.05) is 25.4 Å². The number of hydrogen-bond acceptors (Lipinski definition) is 5. The van der Waals surface area contributed by atoms with Gasteiger partial charge in [-0.3, -0.25) is 0 Å². The zero-order valence-electron chi connectivity index (χ0n) is 13.1. The number of nitrogens with zero attached hydrogens (tertiary/aromatic N) is 2. The number of likely N-dealkylation sites (N-methyl/N-ethyl adjacent to an activating group) is 1. The van der Waals surface area contributed by atoms with Crippen LogP contribution in [-0.2, 0) is 0 Å². The summed E-state index contributed by atoms with van der Waals surface area (Å²) in [6, 6.07) is 5.30. The van der Waals surface area contributed by atoms with Crippen LogP contribution in [-0.4, -0.2) is 47.2 Å². The Morgan fingerprint density at radius 2 is 2.13 bits per heavy atom. The van der Waals surface area contributed by atoms with Gasteiger partial charge in [-0.05, 0) is 31.3 Å². The number of ether oxygens (including phenoxy) is 1. The van der Waals surface area contributed by atoms with Crippen molar-refractivity contribution in [1.82, 2.24) is 9.88 Å². The van der Waals surface area contributed by atoms with Crippen LogP contribution >= 0.6 is 22.9 Å². The van der Waals surface area contributed by atoms with Crippen LogP contribution in [0.15, 0.2) is 23.6 Å². The lowest BCUT2D eigenvalue weighted by Gasteiger charge is -2.18. The summed E-state index contributed by atoms with van der Waals surface area (Å²) < 4.78 is 5.87. The summed E-state index contributed by atoms with van der Waals surface area (Å²) in [5, 5.41) is 11.7. The summed E-state index contributed by atoms with van der Waals surface area (Å²) in [7, 11) is 0. The van der Waals surface area contributed by atoms with E-state index >= 15 is 0 Å². The van der Waals surface area contributed by atoms with Crippen molar-refractivity contribution in [3.63, 3.8) is 0 Å². The van der Waals surface area contributed by atoms with Gasteiger partial charge in [-0.15, -0.1) is 11.3 Å². The Balaban J connectivity index is 2.18. The molecule has 5 nitrogen and oxygen atoms in total. The largest absolute Gasteiger partial charge is 0.492 e. The first-order valence-corrected chi connectivity index (χ1v) is 8.64. The number of halogens is 1. The Morgan fingerprint density at radius 3 is 2.74 bits per heavy atom. The highest BCUT2D eigenvalue weighted by molar-refractivity contribution is 7.13. The van der Waals surface area contributed by atoms with E-state index < -0.39 is 5.97 Å². The summed E-state index contributed by atoms with van der Waals surface area (Å²) in [5.74, 6) is -0.383. The first-order chi connectivity index (χ1) is 11.0. The number of carboxylic acids is 1. The zero-order chi connectivity index (χ0) is 16.8. The first kappa shape index (κ1) is 17.7. The van der Waals surface area contributed by atoms with Gasteiger partial charge in [0.1, 0.15) is 17.4 Å². The van der Waals surface area contributed by atoms with Gasteiger partial charge in [-0.25, -0.2) is 9.78 Å². The molecule has 23 heavy (non-hydrogen) atoms. The molecule has 1 aromatic carbocycles. The van der Waals surface area contributed by atoms with Gasteiger partial charge in [0, 0.05) is 16.9 Å². The summed E-state index contributed by atoms with van der Waals surface area (Å²) in [6.45, 7) is 7.55. The van der Waals surface area contributed by atoms with Crippen molar-refractivity contribution in [3.05, 3.63) is 34.3 Å². The minimum absolute atomic E-state index is 0.0269. The Labute approximate surface area is 144 Å². The number of carboxylic acid groups (broad SMARTS) is 1. The summed E-state index contributed by atoms with van der Waals surface area (Å²) in [6.07, 6.45) is 0. The summed E-state index contributed by atoms with van der Waals surface area (Å²) in [4.78, 5) is 17.4. The molecule has 1 heterocycles. The molecule has 2 aromatic rings. The van der Waals surface area contributed by atoms with Gasteiger partial charge in [0.15, 0.2) is 5.69 Å². The van der Waals surface area contributed by atoms with Gasteiger partial charge in [0.2, 0.25) is 0 Å². The van der Waals surface area contributed by atoms with Crippen LogP contribution in [0.2, 0.25) is 5.02 Å². The molecule has 0 bridgehead atoms. The predicted molar refractivity (Wildman–Crippen MR) is 92.8 cm³/mol. The number of carbonyl (C=O) groups is 1. The van der Waals surface area contributed by atoms with Crippen LogP contribution < -0.4 is 4.74 Å². The maximum atomic E-state index is 11.0. The molecule has 0 aliphatic rings. The number of aromatic nitrogens is 1. The van der Waals surface area contributed by atoms with Crippen LogP contribution in [0.3, 0.4) is 0 Å². The average molecular weight is 355 g/mol. The minimum atomic E-state index is -1.04. The lowest BCUT2D eigenvalue weighted by Crippen LogP contribution is -2.27. The smallest absolute Gasteiger partial charge is 0.355 e. The van der Waals surface area contributed by atoms with Crippen molar-refractivity contribution in [2.75, 3.05) is 26.2 Å². The van der Waals surface area contributed by atoms with Crippen molar-refractivity contribution in [2.24, 2.45) is 0 Å². The first-order valence-electron chi connectivity index (χ1n) is 7.39. The lowest BCUT2D eigenvalue weighted by molar-refractivity contribution is 0.0691. The number of thiazole rings is 1. The Kier molecular flexibility index (Phi) is 6.38. The minimum Gasteiger partial charge on any atom is -0.492 e. The molecule has 1 N–H and O–H groups in total. The van der Waals surface area contributed by atoms with Crippen molar-refractivity contribution >= 4 is 28.9 Å². The maximum Gasteiger partial charge on any atom is 0.355 e. The topological polar surface area (TPSA) is 62.7 Å². The van der Waals surface area contributed by atoms with E-state index in [4.69, 9.17) is 21.4 Å². The van der Waals surface area contributed by atoms with Crippen LogP contribution in [0.5, 0.6) is 5.75 Å². The summed E-state index contributed by atoms with van der Waals surface area (Å²) in [5.41, 5.74) is 0.744. The van der Waals surface area contributed by atoms with E-state index in [1.54, 1.807) is 18.2 Å². The van der Waals surface area contributed by atoms with Crippen LogP contribution in [0.4, 0.5) is 0 Å². The molecule has 2 rings (SSSR count). The number of hydrogen-bond donors (Lipinski definition) is 1. The van der Waals surface area contributed by atoms with E-state index in [0.29, 0.717) is 22.4 Å². The Hall–Kier alpha value is -1.63. The number of rotatable bonds is 8. The highest BCUT2D eigenvalue weighted by Crippen LogP contribution is 2.34. The van der Waals surface area contributed by atoms with Gasteiger partial charge in [-0.2, -0.15) is 0 Å². The Bertz CT molecular complexity index is 671. The van der Waals surface area contributed by atoms with Gasteiger partial charge >= 0.3 is 5.97 Å². The normalized spacial score (nSPS) is 11.0. The second kappa shape index (κ2) is 8.29. The SMILES string of the molecule is CCN(CC)CCOc1ccc(Cl)cc1-c1nc(C(=O)O)cs1. The average Bonchev–Trinajstić information content (AvgIpc) is 3.03. The molecule has 0 atom stereocenters. The molecule has 0 radical (unpaired) electrons. The van der Waals surface area contributed by atoms with Gasteiger partial charge < -0.3 is 14.7 Å². The molecular formula is C16H19ClN2O3S. The van der Waals surface area contributed by atoms with E-state index in [1.165, 1.54) is 16.7 Å². The van der Waals surface area contributed by atoms with E-state index in [0.717, 1.165) is 25.2 Å². The van der Waals surface area contributed by atoms with Crippen molar-refractivity contribution in [1.29, 1.82) is 0 Å². The third kappa shape index (κ3) is 4.67. The second-order valence-corrected chi connectivity index (χ2v) is 6.15. The fraction of sp³-hybridized carbons (Fsp3) is 0.375. The zero-order valence-corrected chi connectivity index (χ0v) is 14.7. The van der Waals surface area contributed by atoms with Crippen LogP contribution in [0, 0.1) is 0 Å². The quantitative estimate of drug-likeness (QED) is 0.779. The molecule has 0 unspecified atom stereocenters. The number of aromatic carboxylic acids is 1. The summed E-state index contributed by atoms with van der Waals surface area (Å²) >= 11 is 7.32. The molecule has 0 aliphatic heterocycles. The molecule has 0 aliphatic carbocycles. The number of benzene rings is 1. The fourth-order valence-corrected chi connectivity index (χ4v) is 3.10. The van der Waals surface area contributed by atoms with Crippen molar-refractivity contribution < 1.29 is 14.6 Å². The third-order valence-electron chi connectivity index (χ3n) is 3.45. The molecule has 0 spiro atoms. The van der Waals surface area contributed by atoms with E-state index in [-0.39, 0.29) is 5.69 Å². The van der Waals surface area contributed by atoms with Crippen molar-refractivity contribution in [3.8, 4) is 16.3 Å². The molecule has 0 saturated carbocycles. The van der Waals surface area contributed by atoms with Crippen LogP contribution in [0.1, 0.15) is 24.3 Å². The molecule has 0 amide bonds. The van der Waals surface area contributed by atoms with Crippen LogP contribution in [0.25, 0.3) is 10.6 Å².